The Morgan fingerprint density at radius 3 is 2.80 bits per heavy atom. The van der Waals surface area contributed by atoms with Crippen LogP contribution in [0, 0.1) is 0 Å². The molecule has 0 fully saturated rings. The Labute approximate surface area is 161 Å². The van der Waals surface area contributed by atoms with Gasteiger partial charge >= 0.3 is 5.97 Å². The molecule has 25 heavy (non-hydrogen) atoms. The van der Waals surface area contributed by atoms with E-state index in [0.29, 0.717) is 27.9 Å². The predicted octanol–water partition coefficient (Wildman–Crippen LogP) is 5.54. The summed E-state index contributed by atoms with van der Waals surface area (Å²) in [5, 5.41) is 3.80. The standard InChI is InChI=1S/C18H18Cl2N2O2S/c1-4-11-9-25-18-21-10(3)14(17(23)24-5-2)16(22(11)18)12-7-6-8-13(19)15(12)20/h6-9,16H,4-5H2,1-3H3/t16-/m1/s1. The largest absolute Gasteiger partial charge is 0.463 e. The Bertz CT molecular complexity index is 817. The van der Waals surface area contributed by atoms with Crippen molar-refractivity contribution in [3.05, 3.63) is 56.2 Å². The summed E-state index contributed by atoms with van der Waals surface area (Å²) in [5.41, 5.74) is 2.99. The minimum Gasteiger partial charge on any atom is -0.463 e. The zero-order valence-corrected chi connectivity index (χ0v) is 16.5. The van der Waals surface area contributed by atoms with Gasteiger partial charge in [0.1, 0.15) is 0 Å². The fourth-order valence-corrected chi connectivity index (χ4v) is 4.45. The van der Waals surface area contributed by atoms with Gasteiger partial charge in [0.2, 0.25) is 0 Å². The average Bonchev–Trinajstić information content (AvgIpc) is 2.99. The monoisotopic (exact) mass is 396 g/mol. The fourth-order valence-electron chi connectivity index (χ4n) is 2.99. The molecule has 1 atom stereocenters. The molecule has 0 saturated heterocycles. The lowest BCUT2D eigenvalue weighted by Gasteiger charge is -2.36. The Morgan fingerprint density at radius 1 is 1.36 bits per heavy atom. The first kappa shape index (κ1) is 18.4. The van der Waals surface area contributed by atoms with E-state index in [0.717, 1.165) is 22.8 Å². The van der Waals surface area contributed by atoms with Crippen LogP contribution in [0.3, 0.4) is 0 Å². The highest BCUT2D eigenvalue weighted by Crippen LogP contribution is 2.47. The number of esters is 1. The zero-order valence-electron chi connectivity index (χ0n) is 14.2. The van der Waals surface area contributed by atoms with Crippen LogP contribution in [0.1, 0.15) is 38.8 Å². The molecule has 1 aromatic carbocycles. The molecule has 0 spiro atoms. The van der Waals surface area contributed by atoms with Gasteiger partial charge in [-0.2, -0.15) is 0 Å². The second-order valence-corrected chi connectivity index (χ2v) is 7.23. The molecule has 3 rings (SSSR count). The molecular formula is C18H18Cl2N2O2S. The second kappa shape index (κ2) is 7.44. The summed E-state index contributed by atoms with van der Waals surface area (Å²) in [6.07, 6.45) is 0.815. The molecule has 2 aliphatic rings. The van der Waals surface area contributed by atoms with E-state index < -0.39 is 6.04 Å². The maximum absolute atomic E-state index is 12.7. The van der Waals surface area contributed by atoms with Gasteiger partial charge < -0.3 is 9.64 Å². The van der Waals surface area contributed by atoms with Crippen LogP contribution < -0.4 is 0 Å². The number of ether oxygens (including phenoxy) is 1. The van der Waals surface area contributed by atoms with Crippen LogP contribution in [-0.4, -0.2) is 22.6 Å². The molecule has 0 radical (unpaired) electrons. The van der Waals surface area contributed by atoms with Gasteiger partial charge in [0, 0.05) is 5.70 Å². The van der Waals surface area contributed by atoms with E-state index >= 15 is 0 Å². The van der Waals surface area contributed by atoms with Crippen molar-refractivity contribution in [1.82, 2.24) is 4.90 Å². The van der Waals surface area contributed by atoms with E-state index in [1.54, 1.807) is 24.8 Å². The van der Waals surface area contributed by atoms with Gasteiger partial charge in [0.05, 0.1) is 34.0 Å². The third-order valence-corrected chi connectivity index (χ3v) is 5.86. The first-order chi connectivity index (χ1) is 12.0. The summed E-state index contributed by atoms with van der Waals surface area (Å²) in [7, 11) is 0. The summed E-state index contributed by atoms with van der Waals surface area (Å²) in [6.45, 7) is 5.98. The smallest absolute Gasteiger partial charge is 0.338 e. The quantitative estimate of drug-likeness (QED) is 0.626. The third kappa shape index (κ3) is 3.21. The molecule has 0 N–H and O–H groups in total. The van der Waals surface area contributed by atoms with Gasteiger partial charge in [0.25, 0.3) is 0 Å². The van der Waals surface area contributed by atoms with E-state index in [1.165, 1.54) is 0 Å². The first-order valence-corrected chi connectivity index (χ1v) is 9.68. The van der Waals surface area contributed by atoms with Crippen LogP contribution >= 0.6 is 35.0 Å². The van der Waals surface area contributed by atoms with E-state index in [2.05, 4.69) is 22.2 Å². The lowest BCUT2D eigenvalue weighted by Crippen LogP contribution is -2.36. The number of hydrogen-bond acceptors (Lipinski definition) is 5. The first-order valence-electron chi connectivity index (χ1n) is 8.05. The van der Waals surface area contributed by atoms with Crippen molar-refractivity contribution in [3.8, 4) is 0 Å². The lowest BCUT2D eigenvalue weighted by atomic mass is 9.94. The van der Waals surface area contributed by atoms with E-state index in [1.807, 2.05) is 19.1 Å². The Morgan fingerprint density at radius 2 is 2.12 bits per heavy atom. The van der Waals surface area contributed by atoms with Gasteiger partial charge in [-0.25, -0.2) is 9.79 Å². The van der Waals surface area contributed by atoms with E-state index in [4.69, 9.17) is 27.9 Å². The van der Waals surface area contributed by atoms with Crippen molar-refractivity contribution in [3.63, 3.8) is 0 Å². The van der Waals surface area contributed by atoms with Crippen LogP contribution in [0.4, 0.5) is 0 Å². The molecule has 0 unspecified atom stereocenters. The number of hydrogen-bond donors (Lipinski definition) is 0. The molecule has 0 aromatic heterocycles. The number of thioether (sulfide) groups is 1. The molecule has 0 saturated carbocycles. The fraction of sp³-hybridized carbons (Fsp3) is 0.333. The Kier molecular flexibility index (Phi) is 5.46. The SMILES string of the molecule is CCOC(=O)C1=C(C)N=C2SC=C(CC)N2[C@@H]1c1cccc(Cl)c1Cl. The molecule has 2 heterocycles. The number of benzene rings is 1. The molecular weight excluding hydrogens is 379 g/mol. The van der Waals surface area contributed by atoms with Crippen LogP contribution in [0.25, 0.3) is 0 Å². The number of allylic oxidation sites excluding steroid dienone is 2. The van der Waals surface area contributed by atoms with Gasteiger partial charge in [-0.3, -0.25) is 0 Å². The molecule has 4 nitrogen and oxygen atoms in total. The lowest BCUT2D eigenvalue weighted by molar-refractivity contribution is -0.139. The van der Waals surface area contributed by atoms with Crippen molar-refractivity contribution < 1.29 is 9.53 Å². The highest BCUT2D eigenvalue weighted by atomic mass is 35.5. The van der Waals surface area contributed by atoms with Crippen LogP contribution in [0.5, 0.6) is 0 Å². The summed E-state index contributed by atoms with van der Waals surface area (Å²) in [5.74, 6) is -0.379. The van der Waals surface area contributed by atoms with Gasteiger partial charge in [-0.05, 0) is 37.3 Å². The van der Waals surface area contributed by atoms with Crippen molar-refractivity contribution >= 4 is 46.1 Å². The Balaban J connectivity index is 2.20. The van der Waals surface area contributed by atoms with Crippen LogP contribution in [0.15, 0.2) is 45.6 Å². The number of amidine groups is 1. The Hall–Kier alpha value is -1.43. The topological polar surface area (TPSA) is 41.9 Å². The molecule has 2 aliphatic heterocycles. The van der Waals surface area contributed by atoms with Crippen molar-refractivity contribution in [1.29, 1.82) is 0 Å². The minimum atomic E-state index is -0.404. The summed E-state index contributed by atoms with van der Waals surface area (Å²) >= 11 is 14.3. The van der Waals surface area contributed by atoms with E-state index in [-0.39, 0.29) is 5.97 Å². The van der Waals surface area contributed by atoms with Crippen LogP contribution in [-0.2, 0) is 9.53 Å². The highest BCUT2D eigenvalue weighted by Gasteiger charge is 2.41. The number of halogens is 2. The molecule has 0 aliphatic carbocycles. The zero-order chi connectivity index (χ0) is 18.1. The van der Waals surface area contributed by atoms with Gasteiger partial charge in [0.15, 0.2) is 5.17 Å². The van der Waals surface area contributed by atoms with Gasteiger partial charge in [-0.15, -0.1) is 0 Å². The molecule has 132 valence electrons. The van der Waals surface area contributed by atoms with Crippen molar-refractivity contribution in [2.24, 2.45) is 4.99 Å². The number of nitrogens with zero attached hydrogens (tertiary/aromatic N) is 2. The molecule has 7 heteroatoms. The maximum atomic E-state index is 12.7. The summed E-state index contributed by atoms with van der Waals surface area (Å²) < 4.78 is 5.30. The average molecular weight is 397 g/mol. The third-order valence-electron chi connectivity index (χ3n) is 4.13. The predicted molar refractivity (Wildman–Crippen MR) is 104 cm³/mol. The molecule has 0 bridgehead atoms. The number of aliphatic imine (C=N–C) groups is 1. The summed E-state index contributed by atoms with van der Waals surface area (Å²) in [4.78, 5) is 19.4. The van der Waals surface area contributed by atoms with Gasteiger partial charge in [-0.1, -0.05) is 54.0 Å². The molecule has 0 amide bonds. The van der Waals surface area contributed by atoms with Crippen molar-refractivity contribution in [2.45, 2.75) is 33.2 Å². The number of fused-ring (bicyclic) bond motifs is 1. The number of rotatable bonds is 4. The van der Waals surface area contributed by atoms with Crippen molar-refractivity contribution in [2.75, 3.05) is 6.61 Å². The minimum absolute atomic E-state index is 0.299. The van der Waals surface area contributed by atoms with Crippen LogP contribution in [0.2, 0.25) is 10.0 Å². The number of carbonyl (C=O) groups excluding carboxylic acids is 1. The number of carbonyl (C=O) groups is 1. The normalized spacial score (nSPS) is 19.6. The molecule has 1 aromatic rings. The summed E-state index contributed by atoms with van der Waals surface area (Å²) in [6, 6.07) is 5.07. The second-order valence-electron chi connectivity index (χ2n) is 5.61. The maximum Gasteiger partial charge on any atom is 0.338 e. The van der Waals surface area contributed by atoms with E-state index in [9.17, 15) is 4.79 Å². The highest BCUT2D eigenvalue weighted by molar-refractivity contribution is 8.16.